The molecule has 8 heteroatoms. The zero-order valence-corrected chi connectivity index (χ0v) is 13.7. The van der Waals surface area contributed by atoms with Crippen molar-refractivity contribution < 1.29 is 14.6 Å². The molecule has 124 valence electrons. The molecule has 0 atom stereocenters. The Kier molecular flexibility index (Phi) is 4.95. The molecule has 0 spiro atoms. The number of aliphatic hydroxyl groups excluding tert-OH is 1. The minimum Gasteiger partial charge on any atom is -0.444 e. The van der Waals surface area contributed by atoms with Crippen molar-refractivity contribution in [3.05, 3.63) is 36.2 Å². The highest BCUT2D eigenvalue weighted by atomic mass is 16.6. The molecule has 0 aliphatic rings. The summed E-state index contributed by atoms with van der Waals surface area (Å²) in [7, 11) is 1.66. The Labute approximate surface area is 134 Å². The molecule has 0 unspecified atom stereocenters. The molecule has 1 amide bonds. The zero-order chi connectivity index (χ0) is 17.0. The van der Waals surface area contributed by atoms with Gasteiger partial charge in [-0.3, -0.25) is 4.57 Å². The first-order chi connectivity index (χ1) is 10.8. The van der Waals surface area contributed by atoms with Crippen molar-refractivity contribution in [2.75, 3.05) is 7.05 Å². The third-order valence-corrected chi connectivity index (χ3v) is 2.85. The van der Waals surface area contributed by atoms with E-state index in [9.17, 15) is 4.79 Å². The van der Waals surface area contributed by atoms with E-state index in [-0.39, 0.29) is 6.61 Å². The van der Waals surface area contributed by atoms with Crippen LogP contribution in [0.25, 0.3) is 5.95 Å². The fourth-order valence-electron chi connectivity index (χ4n) is 1.80. The molecule has 0 aromatic carbocycles. The van der Waals surface area contributed by atoms with Crippen molar-refractivity contribution in [1.29, 1.82) is 0 Å². The topological polar surface area (TPSA) is 93.4 Å². The van der Waals surface area contributed by atoms with E-state index < -0.39 is 11.7 Å². The van der Waals surface area contributed by atoms with Crippen LogP contribution in [-0.4, -0.2) is 48.3 Å². The molecule has 0 saturated carbocycles. The minimum absolute atomic E-state index is 0.133. The molecule has 2 aromatic rings. The molecule has 0 saturated heterocycles. The molecule has 0 bridgehead atoms. The molecule has 23 heavy (non-hydrogen) atoms. The third kappa shape index (κ3) is 4.75. The van der Waals surface area contributed by atoms with E-state index in [1.807, 2.05) is 20.8 Å². The van der Waals surface area contributed by atoms with E-state index in [0.717, 1.165) is 5.56 Å². The number of hydrogen-bond donors (Lipinski definition) is 1. The predicted octanol–water partition coefficient (Wildman–Crippen LogP) is 1.52. The van der Waals surface area contributed by atoms with Gasteiger partial charge in [-0.05, 0) is 20.8 Å². The number of aromatic nitrogens is 4. The van der Waals surface area contributed by atoms with E-state index in [4.69, 9.17) is 9.84 Å². The number of aliphatic hydroxyl groups is 1. The van der Waals surface area contributed by atoms with E-state index in [1.54, 1.807) is 30.2 Å². The first-order valence-corrected chi connectivity index (χ1v) is 7.17. The maximum Gasteiger partial charge on any atom is 0.410 e. The largest absolute Gasteiger partial charge is 0.444 e. The molecule has 1 N–H and O–H groups in total. The fraction of sp³-hybridized carbons (Fsp3) is 0.467. The molecule has 0 fully saturated rings. The van der Waals surface area contributed by atoms with Crippen molar-refractivity contribution in [1.82, 2.24) is 24.4 Å². The second-order valence-corrected chi connectivity index (χ2v) is 6.16. The maximum atomic E-state index is 11.9. The number of carbonyl (C=O) groups excluding carboxylic acids is 1. The van der Waals surface area contributed by atoms with Crippen LogP contribution in [-0.2, 0) is 17.9 Å². The SMILES string of the molecule is CN(Cc1cnc(-n2cnc(CO)c2)nc1)C(=O)OC(C)(C)C. The predicted molar refractivity (Wildman–Crippen MR) is 82.8 cm³/mol. The van der Waals surface area contributed by atoms with Crippen LogP contribution in [0.1, 0.15) is 32.0 Å². The summed E-state index contributed by atoms with van der Waals surface area (Å²) >= 11 is 0. The van der Waals surface area contributed by atoms with Crippen LogP contribution in [0.4, 0.5) is 4.79 Å². The van der Waals surface area contributed by atoms with Gasteiger partial charge in [0.25, 0.3) is 0 Å². The van der Waals surface area contributed by atoms with Gasteiger partial charge in [-0.2, -0.15) is 0 Å². The van der Waals surface area contributed by atoms with Crippen molar-refractivity contribution in [2.24, 2.45) is 0 Å². The smallest absolute Gasteiger partial charge is 0.410 e. The van der Waals surface area contributed by atoms with Gasteiger partial charge in [-0.15, -0.1) is 0 Å². The van der Waals surface area contributed by atoms with E-state index in [2.05, 4.69) is 15.0 Å². The Morgan fingerprint density at radius 1 is 1.30 bits per heavy atom. The molecule has 0 radical (unpaired) electrons. The normalized spacial score (nSPS) is 11.3. The molecular weight excluding hydrogens is 298 g/mol. The first kappa shape index (κ1) is 16.9. The number of hydrogen-bond acceptors (Lipinski definition) is 6. The van der Waals surface area contributed by atoms with Crippen LogP contribution in [0.15, 0.2) is 24.9 Å². The maximum absolute atomic E-state index is 11.9. The monoisotopic (exact) mass is 319 g/mol. The molecular formula is C15H21N5O3. The first-order valence-electron chi connectivity index (χ1n) is 7.17. The van der Waals surface area contributed by atoms with Crippen LogP contribution < -0.4 is 0 Å². The van der Waals surface area contributed by atoms with E-state index >= 15 is 0 Å². The second kappa shape index (κ2) is 6.74. The fourth-order valence-corrected chi connectivity index (χ4v) is 1.80. The molecule has 2 heterocycles. The highest BCUT2D eigenvalue weighted by Gasteiger charge is 2.19. The molecule has 2 rings (SSSR count). The zero-order valence-electron chi connectivity index (χ0n) is 13.7. The lowest BCUT2D eigenvalue weighted by Crippen LogP contribution is -2.33. The van der Waals surface area contributed by atoms with Gasteiger partial charge in [0.1, 0.15) is 11.9 Å². The lowest BCUT2D eigenvalue weighted by molar-refractivity contribution is 0.0285. The highest BCUT2D eigenvalue weighted by Crippen LogP contribution is 2.11. The summed E-state index contributed by atoms with van der Waals surface area (Å²) in [6.07, 6.45) is 6.07. The average molecular weight is 319 g/mol. The van der Waals surface area contributed by atoms with Gasteiger partial charge in [0.05, 0.1) is 18.8 Å². The number of carbonyl (C=O) groups is 1. The van der Waals surface area contributed by atoms with Crippen molar-refractivity contribution >= 4 is 6.09 Å². The summed E-state index contributed by atoms with van der Waals surface area (Å²) in [6.45, 7) is 5.68. The Bertz CT molecular complexity index is 660. The van der Waals surface area contributed by atoms with Crippen LogP contribution in [0.5, 0.6) is 0 Å². The van der Waals surface area contributed by atoms with Crippen molar-refractivity contribution in [3.63, 3.8) is 0 Å². The van der Waals surface area contributed by atoms with Crippen LogP contribution in [0.3, 0.4) is 0 Å². The van der Waals surface area contributed by atoms with Crippen LogP contribution in [0.2, 0.25) is 0 Å². The standard InChI is InChI=1S/C15H21N5O3/c1-15(2,3)23-14(22)19(4)7-11-5-16-13(17-6-11)20-8-12(9-21)18-10-20/h5-6,8,10,21H,7,9H2,1-4H3. The van der Waals surface area contributed by atoms with Gasteiger partial charge in [0.15, 0.2) is 0 Å². The van der Waals surface area contributed by atoms with Crippen molar-refractivity contribution in [2.45, 2.75) is 39.5 Å². The Balaban J connectivity index is 2.01. The molecule has 8 nitrogen and oxygen atoms in total. The summed E-state index contributed by atoms with van der Waals surface area (Å²) in [6, 6.07) is 0. The van der Waals surface area contributed by atoms with Gasteiger partial charge in [0, 0.05) is 31.2 Å². The van der Waals surface area contributed by atoms with Crippen molar-refractivity contribution in [3.8, 4) is 5.95 Å². The van der Waals surface area contributed by atoms with Gasteiger partial charge in [-0.25, -0.2) is 19.7 Å². The van der Waals surface area contributed by atoms with Crippen LogP contribution in [0, 0.1) is 0 Å². The molecule has 0 aliphatic heterocycles. The number of ether oxygens (including phenoxy) is 1. The van der Waals surface area contributed by atoms with Gasteiger partial charge >= 0.3 is 6.09 Å². The summed E-state index contributed by atoms with van der Waals surface area (Å²) < 4.78 is 6.91. The van der Waals surface area contributed by atoms with Crippen LogP contribution >= 0.6 is 0 Å². The number of imidazole rings is 1. The molecule has 0 aliphatic carbocycles. The lowest BCUT2D eigenvalue weighted by Gasteiger charge is -2.24. The van der Waals surface area contributed by atoms with Gasteiger partial charge in [-0.1, -0.05) is 0 Å². The minimum atomic E-state index is -0.530. The molecule has 2 aromatic heterocycles. The second-order valence-electron chi connectivity index (χ2n) is 6.16. The van der Waals surface area contributed by atoms with E-state index in [0.29, 0.717) is 18.2 Å². The lowest BCUT2D eigenvalue weighted by atomic mass is 10.2. The summed E-state index contributed by atoms with van der Waals surface area (Å²) in [5.41, 5.74) is 0.796. The van der Waals surface area contributed by atoms with Gasteiger partial charge < -0.3 is 14.7 Å². The summed E-state index contributed by atoms with van der Waals surface area (Å²) in [5, 5.41) is 9.01. The Morgan fingerprint density at radius 2 is 1.96 bits per heavy atom. The van der Waals surface area contributed by atoms with Gasteiger partial charge in [0.2, 0.25) is 5.95 Å². The number of rotatable bonds is 4. The highest BCUT2D eigenvalue weighted by molar-refractivity contribution is 5.67. The van der Waals surface area contributed by atoms with E-state index in [1.165, 1.54) is 11.2 Å². The Morgan fingerprint density at radius 3 is 2.48 bits per heavy atom. The number of nitrogens with zero attached hydrogens (tertiary/aromatic N) is 5. The average Bonchev–Trinajstić information content (AvgIpc) is 2.95. The third-order valence-electron chi connectivity index (χ3n) is 2.85. The summed E-state index contributed by atoms with van der Waals surface area (Å²) in [4.78, 5) is 25.8. The number of amides is 1. The Hall–Kier alpha value is -2.48. The summed E-state index contributed by atoms with van der Waals surface area (Å²) in [5.74, 6) is 0.445. The quantitative estimate of drug-likeness (QED) is 0.918.